The molecule has 0 spiro atoms. The van der Waals surface area contributed by atoms with Crippen LogP contribution in [0.5, 0.6) is 0 Å². The van der Waals surface area contributed by atoms with E-state index in [4.69, 9.17) is 11.6 Å². The van der Waals surface area contributed by atoms with Crippen molar-refractivity contribution in [3.63, 3.8) is 0 Å². The molecule has 1 unspecified atom stereocenters. The van der Waals surface area contributed by atoms with Gasteiger partial charge in [0.1, 0.15) is 0 Å². The summed E-state index contributed by atoms with van der Waals surface area (Å²) < 4.78 is 0. The number of carbonyl (C=O) groups is 1. The Balaban J connectivity index is 1.70. The lowest BCUT2D eigenvalue weighted by molar-refractivity contribution is -0.115. The zero-order chi connectivity index (χ0) is 12.8. The van der Waals surface area contributed by atoms with E-state index in [1.165, 1.54) is 18.6 Å². The van der Waals surface area contributed by atoms with E-state index >= 15 is 0 Å². The van der Waals surface area contributed by atoms with Gasteiger partial charge in [-0.05, 0) is 30.7 Å². The third kappa shape index (κ3) is 4.19. The van der Waals surface area contributed by atoms with Crippen LogP contribution in [0.25, 0.3) is 0 Å². The molecule has 0 bridgehead atoms. The Morgan fingerprint density at radius 1 is 1.44 bits per heavy atom. The zero-order valence-corrected chi connectivity index (χ0v) is 11.7. The average Bonchev–Trinajstić information content (AvgIpc) is 2.85. The number of amides is 1. The van der Waals surface area contributed by atoms with Crippen LogP contribution in [0.4, 0.5) is 5.69 Å². The van der Waals surface area contributed by atoms with Crippen LogP contribution in [0, 0.1) is 0 Å². The average molecular weight is 285 g/mol. The van der Waals surface area contributed by atoms with E-state index in [2.05, 4.69) is 10.6 Å². The number of benzene rings is 1. The third-order valence-electron chi connectivity index (χ3n) is 2.83. The van der Waals surface area contributed by atoms with E-state index in [1.807, 2.05) is 23.9 Å². The minimum Gasteiger partial charge on any atom is -0.324 e. The lowest BCUT2D eigenvalue weighted by Crippen LogP contribution is -2.32. The van der Waals surface area contributed by atoms with Gasteiger partial charge in [-0.3, -0.25) is 4.79 Å². The zero-order valence-electron chi connectivity index (χ0n) is 10.1. The molecule has 0 saturated carbocycles. The highest BCUT2D eigenvalue weighted by molar-refractivity contribution is 8.00. The minimum atomic E-state index is -0.0499. The molecule has 2 rings (SSSR count). The molecule has 3 nitrogen and oxygen atoms in total. The van der Waals surface area contributed by atoms with Crippen LogP contribution in [0.15, 0.2) is 24.3 Å². The fraction of sp³-hybridized carbons (Fsp3) is 0.462. The standard InChI is InChI=1S/C13H17ClN2OS/c14-11-5-1-2-6-12(11)16-13(17)9-15-8-10-4-3-7-18-10/h1-2,5-6,10,15H,3-4,7-9H2,(H,16,17). The molecular formula is C13H17ClN2OS. The van der Waals surface area contributed by atoms with E-state index < -0.39 is 0 Å². The number of hydrogen-bond donors (Lipinski definition) is 2. The first-order valence-corrected chi connectivity index (χ1v) is 7.55. The topological polar surface area (TPSA) is 41.1 Å². The highest BCUT2D eigenvalue weighted by atomic mass is 35.5. The predicted molar refractivity (Wildman–Crippen MR) is 78.4 cm³/mol. The normalized spacial score (nSPS) is 18.8. The number of rotatable bonds is 5. The molecule has 1 aromatic rings. The first-order chi connectivity index (χ1) is 8.75. The van der Waals surface area contributed by atoms with E-state index in [9.17, 15) is 4.79 Å². The Morgan fingerprint density at radius 2 is 2.28 bits per heavy atom. The second-order valence-electron chi connectivity index (χ2n) is 4.29. The molecule has 1 aromatic carbocycles. The molecule has 5 heteroatoms. The van der Waals surface area contributed by atoms with Crippen molar-refractivity contribution < 1.29 is 4.79 Å². The number of hydrogen-bond acceptors (Lipinski definition) is 3. The summed E-state index contributed by atoms with van der Waals surface area (Å²) in [5, 5.41) is 7.22. The maximum absolute atomic E-state index is 11.7. The number of carbonyl (C=O) groups excluding carboxylic acids is 1. The second-order valence-corrected chi connectivity index (χ2v) is 6.11. The fourth-order valence-corrected chi connectivity index (χ4v) is 3.33. The molecular weight excluding hydrogens is 268 g/mol. The van der Waals surface area contributed by atoms with Gasteiger partial charge in [0.2, 0.25) is 5.91 Å². The van der Waals surface area contributed by atoms with E-state index in [0.29, 0.717) is 22.5 Å². The first kappa shape index (κ1) is 13.7. The largest absolute Gasteiger partial charge is 0.324 e. The van der Waals surface area contributed by atoms with Crippen LogP contribution >= 0.6 is 23.4 Å². The Morgan fingerprint density at radius 3 is 3.00 bits per heavy atom. The maximum atomic E-state index is 11.7. The van der Waals surface area contributed by atoms with Crippen molar-refractivity contribution in [2.24, 2.45) is 0 Å². The van der Waals surface area contributed by atoms with Gasteiger partial charge in [0.05, 0.1) is 17.3 Å². The Bertz CT molecular complexity index is 408. The minimum absolute atomic E-state index is 0.0499. The highest BCUT2D eigenvalue weighted by Gasteiger charge is 2.15. The molecule has 1 saturated heterocycles. The second kappa shape index (κ2) is 7.02. The van der Waals surface area contributed by atoms with Crippen LogP contribution in [0.3, 0.4) is 0 Å². The molecule has 1 amide bonds. The molecule has 98 valence electrons. The molecule has 1 atom stereocenters. The van der Waals surface area contributed by atoms with Crippen LogP contribution in [-0.2, 0) is 4.79 Å². The Kier molecular flexibility index (Phi) is 5.35. The Labute approximate surface area is 117 Å². The van der Waals surface area contributed by atoms with Crippen molar-refractivity contribution in [1.29, 1.82) is 0 Å². The maximum Gasteiger partial charge on any atom is 0.238 e. The summed E-state index contributed by atoms with van der Waals surface area (Å²) in [5.74, 6) is 1.20. The van der Waals surface area contributed by atoms with Gasteiger partial charge in [-0.1, -0.05) is 23.7 Å². The van der Waals surface area contributed by atoms with Crippen molar-refractivity contribution in [2.75, 3.05) is 24.2 Å². The summed E-state index contributed by atoms with van der Waals surface area (Å²) in [4.78, 5) is 11.7. The number of nitrogens with one attached hydrogen (secondary N) is 2. The molecule has 1 aliphatic heterocycles. The predicted octanol–water partition coefficient (Wildman–Crippen LogP) is 2.76. The van der Waals surface area contributed by atoms with E-state index in [0.717, 1.165) is 6.54 Å². The van der Waals surface area contributed by atoms with Gasteiger partial charge in [0, 0.05) is 11.8 Å². The number of para-hydroxylation sites is 1. The van der Waals surface area contributed by atoms with Gasteiger partial charge in [0.25, 0.3) is 0 Å². The number of halogens is 1. The SMILES string of the molecule is O=C(CNCC1CCCS1)Nc1ccccc1Cl. The summed E-state index contributed by atoms with van der Waals surface area (Å²) in [6.07, 6.45) is 2.55. The molecule has 1 heterocycles. The van der Waals surface area contributed by atoms with Crippen LogP contribution in [-0.4, -0.2) is 30.0 Å². The van der Waals surface area contributed by atoms with E-state index in [-0.39, 0.29) is 5.91 Å². The molecule has 0 aromatic heterocycles. The van der Waals surface area contributed by atoms with Crippen LogP contribution in [0.1, 0.15) is 12.8 Å². The lowest BCUT2D eigenvalue weighted by atomic mass is 10.2. The summed E-state index contributed by atoms with van der Waals surface area (Å²) in [5.41, 5.74) is 0.668. The smallest absolute Gasteiger partial charge is 0.238 e. The quantitative estimate of drug-likeness (QED) is 0.874. The molecule has 1 aliphatic rings. The molecule has 0 radical (unpaired) electrons. The Hall–Kier alpha value is -0.710. The molecule has 0 aliphatic carbocycles. The summed E-state index contributed by atoms with van der Waals surface area (Å²) in [6.45, 7) is 1.24. The number of thioether (sulfide) groups is 1. The van der Waals surface area contributed by atoms with Crippen molar-refractivity contribution in [1.82, 2.24) is 5.32 Å². The van der Waals surface area contributed by atoms with E-state index in [1.54, 1.807) is 12.1 Å². The van der Waals surface area contributed by atoms with Gasteiger partial charge < -0.3 is 10.6 Å². The monoisotopic (exact) mass is 284 g/mol. The van der Waals surface area contributed by atoms with Gasteiger partial charge in [-0.25, -0.2) is 0 Å². The van der Waals surface area contributed by atoms with Gasteiger partial charge in [-0.2, -0.15) is 11.8 Å². The van der Waals surface area contributed by atoms with Gasteiger partial charge >= 0.3 is 0 Å². The van der Waals surface area contributed by atoms with Crippen molar-refractivity contribution in [3.05, 3.63) is 29.3 Å². The van der Waals surface area contributed by atoms with Crippen LogP contribution in [0.2, 0.25) is 5.02 Å². The molecule has 2 N–H and O–H groups in total. The summed E-state index contributed by atoms with van der Waals surface area (Å²) in [6, 6.07) is 7.25. The van der Waals surface area contributed by atoms with Crippen molar-refractivity contribution in [2.45, 2.75) is 18.1 Å². The van der Waals surface area contributed by atoms with Gasteiger partial charge in [-0.15, -0.1) is 0 Å². The summed E-state index contributed by atoms with van der Waals surface area (Å²) in [7, 11) is 0. The lowest BCUT2D eigenvalue weighted by Gasteiger charge is -2.10. The highest BCUT2D eigenvalue weighted by Crippen LogP contribution is 2.25. The van der Waals surface area contributed by atoms with Gasteiger partial charge in [0.15, 0.2) is 0 Å². The van der Waals surface area contributed by atoms with Crippen molar-refractivity contribution >= 4 is 35.0 Å². The van der Waals surface area contributed by atoms with Crippen molar-refractivity contribution in [3.8, 4) is 0 Å². The fourth-order valence-electron chi connectivity index (χ4n) is 1.91. The molecule has 1 fully saturated rings. The summed E-state index contributed by atoms with van der Waals surface area (Å²) >= 11 is 7.95. The molecule has 18 heavy (non-hydrogen) atoms. The van der Waals surface area contributed by atoms with Crippen LogP contribution < -0.4 is 10.6 Å². The number of anilines is 1. The first-order valence-electron chi connectivity index (χ1n) is 6.12. The third-order valence-corrected chi connectivity index (χ3v) is 4.56.